The molecule has 0 aromatic carbocycles. The number of hydrogen-bond donors (Lipinski definition) is 2. The highest BCUT2D eigenvalue weighted by Gasteiger charge is 2.25. The number of hydrogen-bond acceptors (Lipinski definition) is 3. The van der Waals surface area contributed by atoms with Crippen LogP contribution >= 0.6 is 0 Å². The van der Waals surface area contributed by atoms with Crippen LogP contribution in [-0.4, -0.2) is 24.7 Å². The van der Waals surface area contributed by atoms with Gasteiger partial charge in [-0.15, -0.1) is 0 Å². The molecule has 0 heterocycles. The Balaban J connectivity index is 3.69. The van der Waals surface area contributed by atoms with Crippen LogP contribution in [0.15, 0.2) is 0 Å². The summed E-state index contributed by atoms with van der Waals surface area (Å²) in [7, 11) is 0. The maximum atomic E-state index is 10.7. The second-order valence-electron chi connectivity index (χ2n) is 3.69. The average Bonchev–Trinajstić information content (AvgIpc) is 1.85. The predicted octanol–water partition coefficient (Wildman–Crippen LogP) is -0.138. The van der Waals surface area contributed by atoms with Gasteiger partial charge in [-0.3, -0.25) is 4.79 Å². The third kappa shape index (κ3) is 4.31. The van der Waals surface area contributed by atoms with E-state index in [0.717, 1.165) is 0 Å². The first-order valence-electron chi connectivity index (χ1n) is 4.03. The van der Waals surface area contributed by atoms with Crippen molar-refractivity contribution in [3.63, 3.8) is 0 Å². The molecule has 0 bridgehead atoms. The topological polar surface area (TPSA) is 78.3 Å². The van der Waals surface area contributed by atoms with Gasteiger partial charge >= 0.3 is 0 Å². The number of primary amides is 1. The van der Waals surface area contributed by atoms with Gasteiger partial charge in [0.25, 0.3) is 0 Å². The minimum absolute atomic E-state index is 0.181. The van der Waals surface area contributed by atoms with Crippen molar-refractivity contribution in [1.82, 2.24) is 0 Å². The summed E-state index contributed by atoms with van der Waals surface area (Å²) in [5.41, 5.74) is 9.54. The molecule has 0 aliphatic carbocycles. The molecule has 72 valence electrons. The third-order valence-corrected chi connectivity index (χ3v) is 1.42. The van der Waals surface area contributed by atoms with Crippen LogP contribution in [0.5, 0.6) is 0 Å². The van der Waals surface area contributed by atoms with Gasteiger partial charge in [0.1, 0.15) is 5.54 Å². The van der Waals surface area contributed by atoms with E-state index in [2.05, 4.69) is 0 Å². The Morgan fingerprint density at radius 3 is 2.42 bits per heavy atom. The van der Waals surface area contributed by atoms with Crippen molar-refractivity contribution in [3.05, 3.63) is 0 Å². The lowest BCUT2D eigenvalue weighted by molar-refractivity contribution is -0.124. The summed E-state index contributed by atoms with van der Waals surface area (Å²) in [6.07, 6.45) is 0. The lowest BCUT2D eigenvalue weighted by atomic mass is 10.1. The Morgan fingerprint density at radius 2 is 2.08 bits per heavy atom. The SMILES string of the molecule is CC(C)COCC(C)(N)C(N)=O. The molecular weight excluding hydrogens is 156 g/mol. The van der Waals surface area contributed by atoms with Gasteiger partial charge in [0.15, 0.2) is 0 Å². The van der Waals surface area contributed by atoms with E-state index in [1.807, 2.05) is 13.8 Å². The van der Waals surface area contributed by atoms with Crippen LogP contribution in [0.4, 0.5) is 0 Å². The monoisotopic (exact) mass is 174 g/mol. The molecule has 4 N–H and O–H groups in total. The fraction of sp³-hybridized carbons (Fsp3) is 0.875. The Labute approximate surface area is 73.2 Å². The summed E-state index contributed by atoms with van der Waals surface area (Å²) in [5.74, 6) is -0.0973. The molecule has 0 spiro atoms. The zero-order chi connectivity index (χ0) is 9.78. The molecule has 1 unspecified atom stereocenters. The fourth-order valence-corrected chi connectivity index (χ4v) is 0.578. The molecule has 0 saturated carbocycles. The van der Waals surface area contributed by atoms with Gasteiger partial charge in [-0.25, -0.2) is 0 Å². The lowest BCUT2D eigenvalue weighted by Gasteiger charge is -2.20. The maximum Gasteiger partial charge on any atom is 0.239 e. The zero-order valence-corrected chi connectivity index (χ0v) is 7.96. The molecule has 1 amide bonds. The van der Waals surface area contributed by atoms with Crippen LogP contribution in [-0.2, 0) is 9.53 Å². The van der Waals surface area contributed by atoms with Crippen molar-refractivity contribution >= 4 is 5.91 Å². The van der Waals surface area contributed by atoms with E-state index in [0.29, 0.717) is 12.5 Å². The number of nitrogens with two attached hydrogens (primary N) is 2. The van der Waals surface area contributed by atoms with Crippen molar-refractivity contribution in [2.45, 2.75) is 26.3 Å². The summed E-state index contributed by atoms with van der Waals surface area (Å²) < 4.78 is 5.20. The first kappa shape index (κ1) is 11.4. The van der Waals surface area contributed by atoms with E-state index in [4.69, 9.17) is 16.2 Å². The first-order valence-corrected chi connectivity index (χ1v) is 4.03. The minimum atomic E-state index is -1.05. The van der Waals surface area contributed by atoms with Gasteiger partial charge in [0.2, 0.25) is 5.91 Å². The third-order valence-electron chi connectivity index (χ3n) is 1.42. The highest BCUT2D eigenvalue weighted by Crippen LogP contribution is 2.00. The van der Waals surface area contributed by atoms with Crippen LogP contribution in [0.1, 0.15) is 20.8 Å². The van der Waals surface area contributed by atoms with Crippen LogP contribution < -0.4 is 11.5 Å². The Hall–Kier alpha value is -0.610. The average molecular weight is 174 g/mol. The summed E-state index contributed by atoms with van der Waals surface area (Å²) >= 11 is 0. The molecular formula is C8H18N2O2. The van der Waals surface area contributed by atoms with E-state index in [9.17, 15) is 4.79 Å². The van der Waals surface area contributed by atoms with E-state index in [1.165, 1.54) is 0 Å². The highest BCUT2D eigenvalue weighted by atomic mass is 16.5. The quantitative estimate of drug-likeness (QED) is 0.609. The highest BCUT2D eigenvalue weighted by molar-refractivity contribution is 5.83. The smallest absolute Gasteiger partial charge is 0.239 e. The minimum Gasteiger partial charge on any atom is -0.379 e. The maximum absolute atomic E-state index is 10.7. The molecule has 4 nitrogen and oxygen atoms in total. The molecule has 12 heavy (non-hydrogen) atoms. The van der Waals surface area contributed by atoms with Gasteiger partial charge < -0.3 is 16.2 Å². The predicted molar refractivity (Wildman–Crippen MR) is 47.4 cm³/mol. The van der Waals surface area contributed by atoms with Crippen LogP contribution in [0.3, 0.4) is 0 Å². The standard InChI is InChI=1S/C8H18N2O2/c1-6(2)4-12-5-8(3,10)7(9)11/h6H,4-5,10H2,1-3H3,(H2,9,11). The molecule has 0 saturated heterocycles. The lowest BCUT2D eigenvalue weighted by Crippen LogP contribution is -2.53. The largest absolute Gasteiger partial charge is 0.379 e. The zero-order valence-electron chi connectivity index (χ0n) is 7.96. The summed E-state index contributed by atoms with van der Waals surface area (Å²) in [6.45, 7) is 6.40. The Bertz CT molecular complexity index is 155. The second-order valence-corrected chi connectivity index (χ2v) is 3.69. The van der Waals surface area contributed by atoms with Crippen LogP contribution in [0.2, 0.25) is 0 Å². The molecule has 0 aromatic rings. The Kier molecular flexibility index (Phi) is 4.20. The molecule has 0 aliphatic heterocycles. The summed E-state index contributed by atoms with van der Waals surface area (Å²) in [5, 5.41) is 0. The van der Waals surface area contributed by atoms with Crippen molar-refractivity contribution < 1.29 is 9.53 Å². The number of carbonyl (C=O) groups excluding carboxylic acids is 1. The van der Waals surface area contributed by atoms with Crippen LogP contribution in [0.25, 0.3) is 0 Å². The van der Waals surface area contributed by atoms with E-state index in [-0.39, 0.29) is 6.61 Å². The van der Waals surface area contributed by atoms with Gasteiger partial charge in [-0.1, -0.05) is 13.8 Å². The first-order chi connectivity index (χ1) is 5.36. The van der Waals surface area contributed by atoms with Crippen molar-refractivity contribution in [2.75, 3.05) is 13.2 Å². The number of ether oxygens (including phenoxy) is 1. The van der Waals surface area contributed by atoms with Gasteiger partial charge in [0, 0.05) is 6.61 Å². The molecule has 0 radical (unpaired) electrons. The van der Waals surface area contributed by atoms with Gasteiger partial charge in [-0.2, -0.15) is 0 Å². The van der Waals surface area contributed by atoms with Gasteiger partial charge in [0.05, 0.1) is 6.61 Å². The van der Waals surface area contributed by atoms with E-state index < -0.39 is 11.4 Å². The Morgan fingerprint density at radius 1 is 1.58 bits per heavy atom. The number of amides is 1. The molecule has 1 atom stereocenters. The second kappa shape index (κ2) is 4.42. The molecule has 0 aliphatic rings. The number of carbonyl (C=O) groups is 1. The van der Waals surface area contributed by atoms with E-state index in [1.54, 1.807) is 6.92 Å². The van der Waals surface area contributed by atoms with Crippen LogP contribution in [0, 0.1) is 5.92 Å². The van der Waals surface area contributed by atoms with Crippen molar-refractivity contribution in [1.29, 1.82) is 0 Å². The van der Waals surface area contributed by atoms with Crippen molar-refractivity contribution in [2.24, 2.45) is 17.4 Å². The molecule has 0 fully saturated rings. The molecule has 0 aromatic heterocycles. The fourth-order valence-electron chi connectivity index (χ4n) is 0.578. The normalized spacial score (nSPS) is 16.1. The van der Waals surface area contributed by atoms with Crippen molar-refractivity contribution in [3.8, 4) is 0 Å². The van der Waals surface area contributed by atoms with E-state index >= 15 is 0 Å². The molecule has 4 heteroatoms. The number of rotatable bonds is 5. The van der Waals surface area contributed by atoms with Gasteiger partial charge in [-0.05, 0) is 12.8 Å². The summed E-state index contributed by atoms with van der Waals surface area (Å²) in [4.78, 5) is 10.7. The molecule has 0 rings (SSSR count). The summed E-state index contributed by atoms with van der Waals surface area (Å²) in [6, 6.07) is 0.